The fraction of sp³-hybridized carbons (Fsp3) is 0.368. The number of para-hydroxylation sites is 2. The van der Waals surface area contributed by atoms with Crippen LogP contribution in [0.3, 0.4) is 0 Å². The number of benzene rings is 2. The molecule has 0 spiro atoms. The van der Waals surface area contributed by atoms with E-state index in [4.69, 9.17) is 0 Å². The minimum atomic E-state index is 1.12. The maximum atomic E-state index is 2.51. The molecule has 2 aromatic rings. The van der Waals surface area contributed by atoms with Crippen molar-refractivity contribution in [3.8, 4) is 0 Å². The van der Waals surface area contributed by atoms with Gasteiger partial charge in [0.25, 0.3) is 0 Å². The molecule has 1 aliphatic heterocycles. The standard InChI is InChI=1S/C19H23NS/c1-2-3-4-5-10-15-20-16-11-6-8-13-18(16)21-19-14-9-7-12-17(19)20/h6-9,11-14H,2-5,10,15H2,1H3/q+1. The largest absolute Gasteiger partial charge is 0.200 e. The van der Waals surface area contributed by atoms with Crippen molar-refractivity contribution >= 4 is 23.1 Å². The minimum absolute atomic E-state index is 1.12. The van der Waals surface area contributed by atoms with Crippen LogP contribution in [-0.2, 0) is 0 Å². The SMILES string of the molecule is CCCCCCC[N+]1c2ccccc2Sc2ccccc21. The summed E-state index contributed by atoms with van der Waals surface area (Å²) in [6.45, 7) is 3.40. The van der Waals surface area contributed by atoms with E-state index in [9.17, 15) is 0 Å². The van der Waals surface area contributed by atoms with E-state index in [1.165, 1.54) is 53.3 Å². The Hall–Kier alpha value is -1.25. The average molecular weight is 297 g/mol. The van der Waals surface area contributed by atoms with Crippen LogP contribution in [0.4, 0.5) is 11.4 Å². The Bertz CT molecular complexity index is 548. The highest BCUT2D eigenvalue weighted by atomic mass is 32.2. The van der Waals surface area contributed by atoms with E-state index in [0.29, 0.717) is 0 Å². The molecule has 1 radical (unpaired) electrons. The van der Waals surface area contributed by atoms with Crippen molar-refractivity contribution in [1.29, 1.82) is 0 Å². The summed E-state index contributed by atoms with van der Waals surface area (Å²) in [6.07, 6.45) is 6.65. The van der Waals surface area contributed by atoms with Crippen LogP contribution in [0.25, 0.3) is 0 Å². The first kappa shape index (κ1) is 14.7. The van der Waals surface area contributed by atoms with Crippen LogP contribution < -0.4 is 4.90 Å². The summed E-state index contributed by atoms with van der Waals surface area (Å²) < 4.78 is 0. The molecule has 1 heterocycles. The van der Waals surface area contributed by atoms with Gasteiger partial charge in [0.1, 0.15) is 6.54 Å². The van der Waals surface area contributed by atoms with Gasteiger partial charge in [-0.05, 0) is 18.6 Å². The van der Waals surface area contributed by atoms with Gasteiger partial charge in [0.2, 0.25) is 11.4 Å². The third kappa shape index (κ3) is 3.33. The van der Waals surface area contributed by atoms with Crippen molar-refractivity contribution in [3.63, 3.8) is 0 Å². The highest BCUT2D eigenvalue weighted by molar-refractivity contribution is 7.99. The van der Waals surface area contributed by atoms with Crippen LogP contribution >= 0.6 is 11.8 Å². The van der Waals surface area contributed by atoms with Gasteiger partial charge in [-0.3, -0.25) is 0 Å². The molecule has 0 unspecified atom stereocenters. The molecule has 2 aromatic carbocycles. The second-order valence-electron chi connectivity index (χ2n) is 5.60. The number of rotatable bonds is 6. The molecule has 0 atom stereocenters. The molecule has 1 nitrogen and oxygen atoms in total. The topological polar surface area (TPSA) is 5.90 Å². The van der Waals surface area contributed by atoms with E-state index in [1.807, 2.05) is 11.8 Å². The Morgan fingerprint density at radius 2 is 1.33 bits per heavy atom. The Kier molecular flexibility index (Phi) is 5.00. The second kappa shape index (κ2) is 7.15. The van der Waals surface area contributed by atoms with E-state index < -0.39 is 0 Å². The molecule has 2 heteroatoms. The summed E-state index contributed by atoms with van der Waals surface area (Å²) in [5.74, 6) is 0. The van der Waals surface area contributed by atoms with Gasteiger partial charge in [-0.25, -0.2) is 0 Å². The molecule has 3 rings (SSSR count). The van der Waals surface area contributed by atoms with Gasteiger partial charge >= 0.3 is 0 Å². The number of hydrogen-bond donors (Lipinski definition) is 0. The Labute approximate surface area is 132 Å². The van der Waals surface area contributed by atoms with Gasteiger partial charge in [0, 0.05) is 18.6 Å². The lowest BCUT2D eigenvalue weighted by Gasteiger charge is -2.21. The zero-order chi connectivity index (χ0) is 14.5. The van der Waals surface area contributed by atoms with Gasteiger partial charge in [-0.2, -0.15) is 0 Å². The Balaban J connectivity index is 1.78. The van der Waals surface area contributed by atoms with E-state index in [0.717, 1.165) is 6.54 Å². The molecule has 109 valence electrons. The summed E-state index contributed by atoms with van der Waals surface area (Å²) >= 11 is 1.89. The Morgan fingerprint density at radius 3 is 1.95 bits per heavy atom. The van der Waals surface area contributed by atoms with Crippen molar-refractivity contribution in [2.75, 3.05) is 6.54 Å². The molecular formula is C19H23NS+. The van der Waals surface area contributed by atoms with Gasteiger partial charge in [-0.1, -0.05) is 67.1 Å². The fourth-order valence-corrected chi connectivity index (χ4v) is 3.99. The molecule has 0 aliphatic carbocycles. The highest BCUT2D eigenvalue weighted by Crippen LogP contribution is 2.47. The maximum Gasteiger partial charge on any atom is 0.200 e. The lowest BCUT2D eigenvalue weighted by Crippen LogP contribution is -2.23. The first-order valence-corrected chi connectivity index (χ1v) is 8.85. The molecular weight excluding hydrogens is 274 g/mol. The predicted octanol–water partition coefficient (Wildman–Crippen LogP) is 6.22. The number of fused-ring (bicyclic) bond motifs is 2. The van der Waals surface area contributed by atoms with Crippen molar-refractivity contribution in [3.05, 3.63) is 48.5 Å². The first-order chi connectivity index (χ1) is 10.4. The number of unbranched alkanes of at least 4 members (excludes halogenated alkanes) is 4. The van der Waals surface area contributed by atoms with Gasteiger partial charge in [0.05, 0.1) is 9.79 Å². The lowest BCUT2D eigenvalue weighted by molar-refractivity contribution is 0.567. The van der Waals surface area contributed by atoms with E-state index in [2.05, 4.69) is 60.4 Å². The van der Waals surface area contributed by atoms with E-state index in [-0.39, 0.29) is 0 Å². The molecule has 21 heavy (non-hydrogen) atoms. The molecule has 0 saturated carbocycles. The highest BCUT2D eigenvalue weighted by Gasteiger charge is 2.32. The van der Waals surface area contributed by atoms with Crippen LogP contribution in [0, 0.1) is 0 Å². The average Bonchev–Trinajstić information content (AvgIpc) is 2.53. The van der Waals surface area contributed by atoms with Crippen molar-refractivity contribution in [2.45, 2.75) is 48.8 Å². The Morgan fingerprint density at radius 1 is 0.762 bits per heavy atom. The molecule has 0 fully saturated rings. The monoisotopic (exact) mass is 297 g/mol. The van der Waals surface area contributed by atoms with Gasteiger partial charge in [-0.15, -0.1) is 0 Å². The quantitative estimate of drug-likeness (QED) is 0.452. The first-order valence-electron chi connectivity index (χ1n) is 8.03. The number of nitrogens with zero attached hydrogens (tertiary/aromatic N) is 1. The van der Waals surface area contributed by atoms with Crippen LogP contribution in [0.1, 0.15) is 39.0 Å². The summed E-state index contributed by atoms with van der Waals surface area (Å²) in [5.41, 5.74) is 2.74. The lowest BCUT2D eigenvalue weighted by atomic mass is 10.1. The van der Waals surface area contributed by atoms with Crippen LogP contribution in [-0.4, -0.2) is 6.54 Å². The number of hydrogen-bond acceptors (Lipinski definition) is 2. The summed E-state index contributed by atoms with van der Waals surface area (Å²) in [6, 6.07) is 17.6. The van der Waals surface area contributed by atoms with Gasteiger partial charge in [0.15, 0.2) is 0 Å². The van der Waals surface area contributed by atoms with Crippen LogP contribution in [0.15, 0.2) is 58.3 Å². The fourth-order valence-electron chi connectivity index (χ4n) is 2.90. The smallest absolute Gasteiger partial charge is 0.0952 e. The van der Waals surface area contributed by atoms with Crippen LogP contribution in [0.2, 0.25) is 0 Å². The van der Waals surface area contributed by atoms with Crippen molar-refractivity contribution < 1.29 is 0 Å². The zero-order valence-electron chi connectivity index (χ0n) is 12.7. The summed E-state index contributed by atoms with van der Waals surface area (Å²) in [5, 5.41) is 0. The molecule has 0 saturated heterocycles. The predicted molar refractivity (Wildman–Crippen MR) is 92.1 cm³/mol. The molecule has 0 amide bonds. The van der Waals surface area contributed by atoms with Crippen molar-refractivity contribution in [2.24, 2.45) is 0 Å². The van der Waals surface area contributed by atoms with Crippen molar-refractivity contribution in [1.82, 2.24) is 4.90 Å². The van der Waals surface area contributed by atoms with E-state index in [1.54, 1.807) is 0 Å². The second-order valence-corrected chi connectivity index (χ2v) is 6.69. The summed E-state index contributed by atoms with van der Waals surface area (Å²) in [7, 11) is 0. The van der Waals surface area contributed by atoms with Crippen LogP contribution in [0.5, 0.6) is 0 Å². The third-order valence-electron chi connectivity index (χ3n) is 4.02. The maximum absolute atomic E-state index is 2.51. The number of anilines is 2. The zero-order valence-corrected chi connectivity index (χ0v) is 13.5. The van der Waals surface area contributed by atoms with E-state index >= 15 is 0 Å². The molecule has 0 aromatic heterocycles. The third-order valence-corrected chi connectivity index (χ3v) is 5.15. The normalized spacial score (nSPS) is 13.8. The molecule has 1 aliphatic rings. The molecule has 0 N–H and O–H groups in total. The molecule has 0 bridgehead atoms. The minimum Gasteiger partial charge on any atom is -0.0952 e. The summed E-state index contributed by atoms with van der Waals surface area (Å²) in [4.78, 5) is 5.27. The van der Waals surface area contributed by atoms with Gasteiger partial charge < -0.3 is 0 Å².